The van der Waals surface area contributed by atoms with Crippen LogP contribution in [0, 0.1) is 0 Å². The van der Waals surface area contributed by atoms with Crippen LogP contribution in [0.25, 0.3) is 10.6 Å². The van der Waals surface area contributed by atoms with Crippen LogP contribution in [0.2, 0.25) is 0 Å². The summed E-state index contributed by atoms with van der Waals surface area (Å²) in [6.07, 6.45) is 0.244. The lowest BCUT2D eigenvalue weighted by atomic mass is 10.2. The molecule has 2 aromatic rings. The van der Waals surface area contributed by atoms with Gasteiger partial charge in [0.15, 0.2) is 11.5 Å². The van der Waals surface area contributed by atoms with Crippen molar-refractivity contribution >= 4 is 17.2 Å². The van der Waals surface area contributed by atoms with E-state index < -0.39 is 0 Å². The second kappa shape index (κ2) is 7.94. The van der Waals surface area contributed by atoms with E-state index >= 15 is 0 Å². The van der Waals surface area contributed by atoms with Gasteiger partial charge in [-0.05, 0) is 25.1 Å². The summed E-state index contributed by atoms with van der Waals surface area (Å²) in [6.45, 7) is 2.29. The predicted octanol–water partition coefficient (Wildman–Crippen LogP) is 1.83. The van der Waals surface area contributed by atoms with Crippen molar-refractivity contribution in [3.8, 4) is 22.1 Å². The van der Waals surface area contributed by atoms with Gasteiger partial charge in [-0.15, -0.1) is 11.3 Å². The number of nitrogens with one attached hydrogen (secondary N) is 1. The Kier molecular flexibility index (Phi) is 5.95. The number of hydrogen-bond acceptors (Lipinski definition) is 6. The van der Waals surface area contributed by atoms with Crippen LogP contribution in [0.5, 0.6) is 11.5 Å². The number of nitrogens with two attached hydrogens (primary N) is 1. The van der Waals surface area contributed by atoms with Gasteiger partial charge < -0.3 is 20.5 Å². The molecule has 0 radical (unpaired) electrons. The molecule has 23 heavy (non-hydrogen) atoms. The number of rotatable bonds is 7. The first kappa shape index (κ1) is 17.2. The standard InChI is InChI=1S/C16H21N3O3S/c1-10(8-17)18-15(20)7-12-9-23-16(19-12)11-4-5-13(21-2)14(6-11)22-3/h4-6,9-10H,7-8,17H2,1-3H3,(H,18,20)/t10-/m0/s1. The molecule has 0 spiro atoms. The molecular formula is C16H21N3O3S. The molecule has 1 heterocycles. The van der Waals surface area contributed by atoms with E-state index in [2.05, 4.69) is 10.3 Å². The molecule has 1 amide bonds. The fourth-order valence-electron chi connectivity index (χ4n) is 2.04. The number of methoxy groups -OCH3 is 2. The molecule has 124 valence electrons. The zero-order chi connectivity index (χ0) is 16.8. The van der Waals surface area contributed by atoms with E-state index in [1.807, 2.05) is 30.5 Å². The number of nitrogens with zero attached hydrogens (tertiary/aromatic N) is 1. The average Bonchev–Trinajstić information content (AvgIpc) is 3.02. The maximum Gasteiger partial charge on any atom is 0.226 e. The Morgan fingerprint density at radius 2 is 2.09 bits per heavy atom. The number of aromatic nitrogens is 1. The number of carbonyl (C=O) groups excluding carboxylic acids is 1. The van der Waals surface area contributed by atoms with Gasteiger partial charge in [0.2, 0.25) is 5.91 Å². The molecule has 0 unspecified atom stereocenters. The highest BCUT2D eigenvalue weighted by Crippen LogP contribution is 2.33. The Morgan fingerprint density at radius 1 is 1.35 bits per heavy atom. The first-order chi connectivity index (χ1) is 11.1. The molecule has 1 aromatic heterocycles. The maximum absolute atomic E-state index is 11.9. The largest absolute Gasteiger partial charge is 0.493 e. The summed E-state index contributed by atoms with van der Waals surface area (Å²) in [7, 11) is 3.19. The Hall–Kier alpha value is -2.12. The number of hydrogen-bond donors (Lipinski definition) is 2. The number of thiazole rings is 1. The van der Waals surface area contributed by atoms with Crippen LogP contribution in [0.4, 0.5) is 0 Å². The lowest BCUT2D eigenvalue weighted by molar-refractivity contribution is -0.121. The minimum Gasteiger partial charge on any atom is -0.493 e. The van der Waals surface area contributed by atoms with Crippen LogP contribution in [-0.2, 0) is 11.2 Å². The third-order valence-corrected chi connectivity index (χ3v) is 4.23. The van der Waals surface area contributed by atoms with Crippen LogP contribution in [0.15, 0.2) is 23.6 Å². The molecule has 6 nitrogen and oxygen atoms in total. The maximum atomic E-state index is 11.9. The number of amides is 1. The summed E-state index contributed by atoms with van der Waals surface area (Å²) in [6, 6.07) is 5.59. The van der Waals surface area contributed by atoms with Crippen molar-refractivity contribution in [3.63, 3.8) is 0 Å². The highest BCUT2D eigenvalue weighted by Gasteiger charge is 2.12. The van der Waals surface area contributed by atoms with Gasteiger partial charge in [0.25, 0.3) is 0 Å². The summed E-state index contributed by atoms with van der Waals surface area (Å²) in [5, 5.41) is 5.55. The summed E-state index contributed by atoms with van der Waals surface area (Å²) in [5.41, 5.74) is 7.16. The Balaban J connectivity index is 2.11. The van der Waals surface area contributed by atoms with E-state index in [1.54, 1.807) is 14.2 Å². The smallest absolute Gasteiger partial charge is 0.226 e. The molecule has 1 aromatic carbocycles. The predicted molar refractivity (Wildman–Crippen MR) is 91.0 cm³/mol. The summed E-state index contributed by atoms with van der Waals surface area (Å²) in [4.78, 5) is 16.4. The van der Waals surface area contributed by atoms with Gasteiger partial charge in [-0.2, -0.15) is 0 Å². The van der Waals surface area contributed by atoms with Crippen molar-refractivity contribution in [1.82, 2.24) is 10.3 Å². The first-order valence-corrected chi connectivity index (χ1v) is 8.11. The van der Waals surface area contributed by atoms with Crippen LogP contribution in [0.1, 0.15) is 12.6 Å². The van der Waals surface area contributed by atoms with E-state index in [-0.39, 0.29) is 18.4 Å². The van der Waals surface area contributed by atoms with Crippen molar-refractivity contribution in [1.29, 1.82) is 0 Å². The van der Waals surface area contributed by atoms with E-state index in [9.17, 15) is 4.79 Å². The second-order valence-electron chi connectivity index (χ2n) is 5.09. The molecule has 3 N–H and O–H groups in total. The van der Waals surface area contributed by atoms with Gasteiger partial charge in [-0.1, -0.05) is 0 Å². The lowest BCUT2D eigenvalue weighted by Gasteiger charge is -2.10. The van der Waals surface area contributed by atoms with Crippen molar-refractivity contribution in [2.45, 2.75) is 19.4 Å². The minimum atomic E-state index is -0.0767. The van der Waals surface area contributed by atoms with Gasteiger partial charge in [0.1, 0.15) is 5.01 Å². The van der Waals surface area contributed by atoms with Gasteiger partial charge in [-0.25, -0.2) is 4.98 Å². The van der Waals surface area contributed by atoms with Gasteiger partial charge in [-0.3, -0.25) is 4.79 Å². The molecule has 0 saturated heterocycles. The van der Waals surface area contributed by atoms with E-state index in [0.29, 0.717) is 18.0 Å². The molecule has 0 aliphatic rings. The molecule has 0 saturated carbocycles. The van der Waals surface area contributed by atoms with Crippen molar-refractivity contribution in [2.24, 2.45) is 5.73 Å². The summed E-state index contributed by atoms with van der Waals surface area (Å²) < 4.78 is 10.5. The van der Waals surface area contributed by atoms with Crippen LogP contribution < -0.4 is 20.5 Å². The Bertz CT molecular complexity index is 672. The number of carbonyl (C=O) groups is 1. The Labute approximate surface area is 139 Å². The fraction of sp³-hybridized carbons (Fsp3) is 0.375. The summed E-state index contributed by atoms with van der Waals surface area (Å²) >= 11 is 1.49. The highest BCUT2D eigenvalue weighted by atomic mass is 32.1. The van der Waals surface area contributed by atoms with Crippen LogP contribution in [-0.4, -0.2) is 37.7 Å². The highest BCUT2D eigenvalue weighted by molar-refractivity contribution is 7.13. The quantitative estimate of drug-likeness (QED) is 0.806. The number of ether oxygens (including phenoxy) is 2. The fourth-order valence-corrected chi connectivity index (χ4v) is 2.86. The zero-order valence-corrected chi connectivity index (χ0v) is 14.3. The molecule has 0 aliphatic heterocycles. The van der Waals surface area contributed by atoms with Crippen LogP contribution in [0.3, 0.4) is 0 Å². The number of benzene rings is 1. The average molecular weight is 335 g/mol. The first-order valence-electron chi connectivity index (χ1n) is 7.23. The topological polar surface area (TPSA) is 86.5 Å². The third-order valence-electron chi connectivity index (χ3n) is 3.28. The van der Waals surface area contributed by atoms with Crippen molar-refractivity contribution in [3.05, 3.63) is 29.3 Å². The van der Waals surface area contributed by atoms with Crippen molar-refractivity contribution < 1.29 is 14.3 Å². The molecule has 7 heteroatoms. The minimum absolute atomic E-state index is 0.0357. The van der Waals surface area contributed by atoms with Gasteiger partial charge in [0, 0.05) is 23.5 Å². The SMILES string of the molecule is COc1ccc(-c2nc(CC(=O)N[C@@H](C)CN)cs2)cc1OC. The molecule has 0 aliphatic carbocycles. The monoisotopic (exact) mass is 335 g/mol. The summed E-state index contributed by atoms with van der Waals surface area (Å²) in [5.74, 6) is 1.24. The lowest BCUT2D eigenvalue weighted by Crippen LogP contribution is -2.38. The van der Waals surface area contributed by atoms with E-state index in [0.717, 1.165) is 16.3 Å². The normalized spacial score (nSPS) is 11.8. The Morgan fingerprint density at radius 3 is 2.74 bits per heavy atom. The van der Waals surface area contributed by atoms with Crippen LogP contribution >= 0.6 is 11.3 Å². The van der Waals surface area contributed by atoms with Gasteiger partial charge >= 0.3 is 0 Å². The van der Waals surface area contributed by atoms with Gasteiger partial charge in [0.05, 0.1) is 26.3 Å². The second-order valence-corrected chi connectivity index (χ2v) is 5.95. The molecule has 0 fully saturated rings. The molecule has 0 bridgehead atoms. The molecule has 2 rings (SSSR count). The van der Waals surface area contributed by atoms with E-state index in [1.165, 1.54) is 11.3 Å². The molecular weight excluding hydrogens is 314 g/mol. The van der Waals surface area contributed by atoms with Crippen molar-refractivity contribution in [2.75, 3.05) is 20.8 Å². The van der Waals surface area contributed by atoms with E-state index in [4.69, 9.17) is 15.2 Å². The zero-order valence-electron chi connectivity index (χ0n) is 13.5. The molecule has 1 atom stereocenters. The third kappa shape index (κ3) is 4.43.